The maximum atomic E-state index is 9.92. The molecule has 0 saturated heterocycles. The van der Waals surface area contributed by atoms with E-state index in [0.29, 0.717) is 6.42 Å². The molecule has 0 aromatic heterocycles. The average molecular weight is 157 g/mol. The summed E-state index contributed by atoms with van der Waals surface area (Å²) in [5, 5.41) is 3.75. The minimum absolute atomic E-state index is 0.653. The number of hydrogen-bond donors (Lipinski definition) is 0. The van der Waals surface area contributed by atoms with Gasteiger partial charge in [0.1, 0.15) is 13.4 Å². The van der Waals surface area contributed by atoms with Gasteiger partial charge >= 0.3 is 0 Å². The molecule has 0 fully saturated rings. The van der Waals surface area contributed by atoms with Crippen molar-refractivity contribution in [3.8, 4) is 0 Å². The Morgan fingerprint density at radius 3 is 2.82 bits per heavy atom. The standard InChI is InChI=1S/C8H15NO2/c1-8(9-11-2)6-4-3-5-7-10/h7H,3-6H2,1-2H3/b9-8+. The molecular weight excluding hydrogens is 142 g/mol. The van der Waals surface area contributed by atoms with E-state index < -0.39 is 0 Å². The molecule has 0 radical (unpaired) electrons. The smallest absolute Gasteiger partial charge is 0.119 e. The van der Waals surface area contributed by atoms with Crippen LogP contribution in [0.5, 0.6) is 0 Å². The van der Waals surface area contributed by atoms with E-state index in [2.05, 4.69) is 9.99 Å². The number of oxime groups is 1. The van der Waals surface area contributed by atoms with E-state index in [0.717, 1.165) is 31.3 Å². The Morgan fingerprint density at radius 2 is 2.27 bits per heavy atom. The molecule has 0 amide bonds. The molecular formula is C8H15NO2. The summed E-state index contributed by atoms with van der Waals surface area (Å²) in [5.41, 5.74) is 0.985. The minimum atomic E-state index is 0.653. The Labute approximate surface area is 67.4 Å². The second-order valence-corrected chi connectivity index (χ2v) is 2.42. The highest BCUT2D eigenvalue weighted by Gasteiger charge is 1.91. The Morgan fingerprint density at radius 1 is 1.55 bits per heavy atom. The second-order valence-electron chi connectivity index (χ2n) is 2.42. The maximum absolute atomic E-state index is 9.92. The third kappa shape index (κ3) is 7.03. The number of hydrogen-bond acceptors (Lipinski definition) is 3. The number of carbonyl (C=O) groups excluding carboxylic acids is 1. The Kier molecular flexibility index (Phi) is 6.68. The first kappa shape index (κ1) is 10.1. The van der Waals surface area contributed by atoms with Crippen LogP contribution in [0.2, 0.25) is 0 Å². The third-order valence-electron chi connectivity index (χ3n) is 1.36. The van der Waals surface area contributed by atoms with Crippen molar-refractivity contribution in [2.75, 3.05) is 7.11 Å². The molecule has 64 valence electrons. The highest BCUT2D eigenvalue weighted by Crippen LogP contribution is 1.99. The van der Waals surface area contributed by atoms with Gasteiger partial charge in [-0.3, -0.25) is 0 Å². The van der Waals surface area contributed by atoms with Gasteiger partial charge in [-0.2, -0.15) is 0 Å². The van der Waals surface area contributed by atoms with E-state index in [1.54, 1.807) is 0 Å². The van der Waals surface area contributed by atoms with Crippen LogP contribution in [-0.4, -0.2) is 19.1 Å². The third-order valence-corrected chi connectivity index (χ3v) is 1.36. The monoisotopic (exact) mass is 157 g/mol. The van der Waals surface area contributed by atoms with Gasteiger partial charge in [0.2, 0.25) is 0 Å². The summed E-state index contributed by atoms with van der Waals surface area (Å²) in [5.74, 6) is 0. The fraction of sp³-hybridized carbons (Fsp3) is 0.750. The SMILES string of the molecule is CO/N=C(\C)CCCCC=O. The van der Waals surface area contributed by atoms with Gasteiger partial charge < -0.3 is 9.63 Å². The van der Waals surface area contributed by atoms with Crippen LogP contribution < -0.4 is 0 Å². The molecule has 0 aromatic carbocycles. The Bertz CT molecular complexity index is 132. The van der Waals surface area contributed by atoms with Crippen LogP contribution in [0.4, 0.5) is 0 Å². The molecule has 0 aromatic rings. The van der Waals surface area contributed by atoms with Crippen LogP contribution in [0.25, 0.3) is 0 Å². The predicted molar refractivity (Wildman–Crippen MR) is 44.7 cm³/mol. The average Bonchev–Trinajstić information content (AvgIpc) is 1.99. The van der Waals surface area contributed by atoms with Crippen molar-refractivity contribution in [3.63, 3.8) is 0 Å². The Hall–Kier alpha value is -0.860. The van der Waals surface area contributed by atoms with Gasteiger partial charge in [0.25, 0.3) is 0 Å². The largest absolute Gasteiger partial charge is 0.399 e. The van der Waals surface area contributed by atoms with Gasteiger partial charge in [0.05, 0.1) is 5.71 Å². The van der Waals surface area contributed by atoms with Crippen LogP contribution in [0.3, 0.4) is 0 Å². The van der Waals surface area contributed by atoms with Crippen LogP contribution in [-0.2, 0) is 9.63 Å². The van der Waals surface area contributed by atoms with E-state index >= 15 is 0 Å². The van der Waals surface area contributed by atoms with Crippen molar-refractivity contribution in [2.45, 2.75) is 32.6 Å². The maximum Gasteiger partial charge on any atom is 0.119 e. The molecule has 0 N–H and O–H groups in total. The van der Waals surface area contributed by atoms with Crippen LogP contribution in [0.1, 0.15) is 32.6 Å². The molecule has 3 nitrogen and oxygen atoms in total. The molecule has 0 rings (SSSR count). The molecule has 0 aliphatic carbocycles. The highest BCUT2D eigenvalue weighted by atomic mass is 16.6. The Balaban J connectivity index is 3.23. The molecule has 0 atom stereocenters. The molecule has 0 unspecified atom stereocenters. The molecule has 0 aliphatic heterocycles. The van der Waals surface area contributed by atoms with E-state index in [1.807, 2.05) is 6.92 Å². The molecule has 0 aliphatic rings. The van der Waals surface area contributed by atoms with Gasteiger partial charge in [0.15, 0.2) is 0 Å². The normalized spacial score (nSPS) is 11.3. The summed E-state index contributed by atoms with van der Waals surface area (Å²) in [6.45, 7) is 1.92. The summed E-state index contributed by atoms with van der Waals surface area (Å²) >= 11 is 0. The molecule has 3 heteroatoms. The molecule has 0 spiro atoms. The van der Waals surface area contributed by atoms with Crippen molar-refractivity contribution in [1.82, 2.24) is 0 Å². The molecule has 0 saturated carbocycles. The van der Waals surface area contributed by atoms with Crippen molar-refractivity contribution in [3.05, 3.63) is 0 Å². The zero-order valence-electron chi connectivity index (χ0n) is 7.17. The minimum Gasteiger partial charge on any atom is -0.399 e. The van der Waals surface area contributed by atoms with Gasteiger partial charge in [-0.25, -0.2) is 0 Å². The molecule has 0 bridgehead atoms. The van der Waals surface area contributed by atoms with Gasteiger partial charge in [-0.05, 0) is 26.2 Å². The summed E-state index contributed by atoms with van der Waals surface area (Å²) in [6, 6.07) is 0. The lowest BCUT2D eigenvalue weighted by molar-refractivity contribution is -0.107. The summed E-state index contributed by atoms with van der Waals surface area (Å²) in [6.07, 6.45) is 4.47. The van der Waals surface area contributed by atoms with Gasteiger partial charge in [0, 0.05) is 6.42 Å². The zero-order chi connectivity index (χ0) is 8.53. The summed E-state index contributed by atoms with van der Waals surface area (Å²) < 4.78 is 0. The van der Waals surface area contributed by atoms with E-state index in [-0.39, 0.29) is 0 Å². The van der Waals surface area contributed by atoms with Gasteiger partial charge in [-0.1, -0.05) is 5.16 Å². The van der Waals surface area contributed by atoms with Crippen molar-refractivity contribution in [1.29, 1.82) is 0 Å². The highest BCUT2D eigenvalue weighted by molar-refractivity contribution is 5.81. The molecule has 11 heavy (non-hydrogen) atoms. The van der Waals surface area contributed by atoms with E-state index in [4.69, 9.17) is 0 Å². The summed E-state index contributed by atoms with van der Waals surface area (Å²) in [4.78, 5) is 14.5. The van der Waals surface area contributed by atoms with Crippen LogP contribution >= 0.6 is 0 Å². The first-order chi connectivity index (χ1) is 5.31. The topological polar surface area (TPSA) is 38.7 Å². The lowest BCUT2D eigenvalue weighted by atomic mass is 10.1. The van der Waals surface area contributed by atoms with Crippen LogP contribution in [0.15, 0.2) is 5.16 Å². The van der Waals surface area contributed by atoms with Crippen molar-refractivity contribution >= 4 is 12.0 Å². The first-order valence-electron chi connectivity index (χ1n) is 3.81. The quantitative estimate of drug-likeness (QED) is 0.255. The van der Waals surface area contributed by atoms with E-state index in [1.165, 1.54) is 7.11 Å². The number of rotatable bonds is 6. The fourth-order valence-corrected chi connectivity index (χ4v) is 0.810. The number of aldehydes is 1. The number of nitrogens with zero attached hydrogens (tertiary/aromatic N) is 1. The lowest BCUT2D eigenvalue weighted by Gasteiger charge is -1.96. The second kappa shape index (κ2) is 7.25. The summed E-state index contributed by atoms with van der Waals surface area (Å²) in [7, 11) is 1.54. The van der Waals surface area contributed by atoms with Crippen molar-refractivity contribution in [2.24, 2.45) is 5.16 Å². The van der Waals surface area contributed by atoms with E-state index in [9.17, 15) is 4.79 Å². The predicted octanol–water partition coefficient (Wildman–Crippen LogP) is 1.77. The van der Waals surface area contributed by atoms with Gasteiger partial charge in [-0.15, -0.1) is 0 Å². The number of carbonyl (C=O) groups is 1. The van der Waals surface area contributed by atoms with Crippen molar-refractivity contribution < 1.29 is 9.63 Å². The van der Waals surface area contributed by atoms with Crippen LogP contribution in [0, 0.1) is 0 Å². The fourth-order valence-electron chi connectivity index (χ4n) is 0.810. The zero-order valence-corrected chi connectivity index (χ0v) is 7.17. The number of unbranched alkanes of at least 4 members (excludes halogenated alkanes) is 2. The first-order valence-corrected chi connectivity index (χ1v) is 3.81. The lowest BCUT2D eigenvalue weighted by Crippen LogP contribution is -1.92. The molecule has 0 heterocycles.